The Kier molecular flexibility index (Phi) is 4.94. The first-order chi connectivity index (χ1) is 9.62. The summed E-state index contributed by atoms with van der Waals surface area (Å²) in [5.74, 6) is 0. The molecule has 0 spiro atoms. The van der Waals surface area contributed by atoms with Gasteiger partial charge < -0.3 is 5.11 Å². The molecule has 0 bridgehead atoms. The van der Waals surface area contributed by atoms with E-state index >= 15 is 0 Å². The molecule has 2 aromatic rings. The van der Waals surface area contributed by atoms with E-state index in [9.17, 15) is 5.11 Å². The Morgan fingerprint density at radius 3 is 1.55 bits per heavy atom. The zero-order valence-corrected chi connectivity index (χ0v) is 12.3. The van der Waals surface area contributed by atoms with Crippen LogP contribution in [0.4, 0.5) is 0 Å². The van der Waals surface area contributed by atoms with Gasteiger partial charge in [0.1, 0.15) is 0 Å². The fourth-order valence-corrected chi connectivity index (χ4v) is 2.19. The van der Waals surface area contributed by atoms with Crippen LogP contribution >= 0.6 is 0 Å². The zero-order valence-electron chi connectivity index (χ0n) is 12.3. The van der Waals surface area contributed by atoms with Crippen molar-refractivity contribution >= 4 is 0 Å². The van der Waals surface area contributed by atoms with Gasteiger partial charge in [0.2, 0.25) is 0 Å². The minimum Gasteiger partial charge on any atom is -0.394 e. The third kappa shape index (κ3) is 3.92. The molecule has 0 fully saturated rings. The van der Waals surface area contributed by atoms with E-state index in [4.69, 9.17) is 0 Å². The molecule has 0 aliphatic rings. The van der Waals surface area contributed by atoms with Crippen LogP contribution in [0.25, 0.3) is 0 Å². The molecule has 0 saturated carbocycles. The average Bonchev–Trinajstić information content (AvgIpc) is 2.49. The van der Waals surface area contributed by atoms with Gasteiger partial charge in [-0.3, -0.25) is 4.90 Å². The molecule has 2 nitrogen and oxygen atoms in total. The number of hydrogen-bond donors (Lipinski definition) is 1. The quantitative estimate of drug-likeness (QED) is 0.868. The van der Waals surface area contributed by atoms with Crippen LogP contribution in [0, 0.1) is 0 Å². The maximum Gasteiger partial charge on any atom is 0.0610 e. The highest BCUT2D eigenvalue weighted by atomic mass is 16.3. The first kappa shape index (κ1) is 14.8. The van der Waals surface area contributed by atoms with Gasteiger partial charge >= 0.3 is 0 Å². The van der Waals surface area contributed by atoms with E-state index in [-0.39, 0.29) is 12.1 Å². The van der Waals surface area contributed by atoms with Gasteiger partial charge in [-0.05, 0) is 25.0 Å². The van der Waals surface area contributed by atoms with Gasteiger partial charge in [-0.2, -0.15) is 0 Å². The molecule has 2 heteroatoms. The molecule has 0 aromatic heterocycles. The molecule has 0 aliphatic heterocycles. The van der Waals surface area contributed by atoms with E-state index in [0.29, 0.717) is 0 Å². The molecule has 0 saturated heterocycles. The van der Waals surface area contributed by atoms with Crippen LogP contribution in [0.1, 0.15) is 25.0 Å². The number of aliphatic hydroxyl groups excluding tert-OH is 1. The van der Waals surface area contributed by atoms with E-state index in [1.165, 1.54) is 11.1 Å². The van der Waals surface area contributed by atoms with Crippen LogP contribution in [-0.4, -0.2) is 22.2 Å². The summed E-state index contributed by atoms with van der Waals surface area (Å²) in [5, 5.41) is 9.68. The highest BCUT2D eigenvalue weighted by Gasteiger charge is 2.26. The normalized spacial score (nSPS) is 11.8. The largest absolute Gasteiger partial charge is 0.394 e. The van der Waals surface area contributed by atoms with Gasteiger partial charge in [0.15, 0.2) is 0 Å². The first-order valence-corrected chi connectivity index (χ1v) is 7.05. The highest BCUT2D eigenvalue weighted by Crippen LogP contribution is 2.20. The third-order valence-corrected chi connectivity index (χ3v) is 3.68. The van der Waals surface area contributed by atoms with Crippen LogP contribution < -0.4 is 0 Å². The van der Waals surface area contributed by atoms with Crippen LogP contribution in [0.2, 0.25) is 0 Å². The molecule has 0 unspecified atom stereocenters. The van der Waals surface area contributed by atoms with E-state index in [1.54, 1.807) is 0 Å². The second-order valence-electron chi connectivity index (χ2n) is 5.80. The fraction of sp³-hybridized carbons (Fsp3) is 0.333. The molecule has 0 heterocycles. The minimum absolute atomic E-state index is 0.146. The highest BCUT2D eigenvalue weighted by molar-refractivity contribution is 5.17. The summed E-state index contributed by atoms with van der Waals surface area (Å²) in [6.07, 6.45) is 0. The molecular weight excluding hydrogens is 246 g/mol. The Balaban J connectivity index is 2.17. The Labute approximate surface area is 121 Å². The monoisotopic (exact) mass is 269 g/mol. The predicted molar refractivity (Wildman–Crippen MR) is 83.3 cm³/mol. The fourth-order valence-electron chi connectivity index (χ4n) is 2.19. The molecule has 0 radical (unpaired) electrons. The van der Waals surface area contributed by atoms with Crippen molar-refractivity contribution < 1.29 is 5.11 Å². The van der Waals surface area contributed by atoms with E-state index in [1.807, 2.05) is 12.1 Å². The molecule has 106 valence electrons. The van der Waals surface area contributed by atoms with E-state index < -0.39 is 0 Å². The van der Waals surface area contributed by atoms with Gasteiger partial charge in [-0.1, -0.05) is 60.7 Å². The molecule has 0 aliphatic carbocycles. The Bertz CT molecular complexity index is 466. The molecule has 0 amide bonds. The van der Waals surface area contributed by atoms with Gasteiger partial charge in [0.05, 0.1) is 6.61 Å². The lowest BCUT2D eigenvalue weighted by Crippen LogP contribution is -2.45. The molecule has 2 aromatic carbocycles. The zero-order chi connectivity index (χ0) is 14.4. The Morgan fingerprint density at radius 1 is 0.800 bits per heavy atom. The molecule has 0 atom stereocenters. The summed E-state index contributed by atoms with van der Waals surface area (Å²) in [6.45, 7) is 5.98. The number of nitrogens with zero attached hydrogens (tertiary/aromatic N) is 1. The van der Waals surface area contributed by atoms with Gasteiger partial charge in [-0.15, -0.1) is 0 Å². The Hall–Kier alpha value is -1.64. The van der Waals surface area contributed by atoms with Gasteiger partial charge in [0.25, 0.3) is 0 Å². The van der Waals surface area contributed by atoms with Gasteiger partial charge in [0, 0.05) is 18.6 Å². The van der Waals surface area contributed by atoms with Crippen LogP contribution in [0.15, 0.2) is 60.7 Å². The summed E-state index contributed by atoms with van der Waals surface area (Å²) >= 11 is 0. The third-order valence-electron chi connectivity index (χ3n) is 3.68. The minimum atomic E-state index is -0.244. The maximum atomic E-state index is 9.68. The molecular formula is C18H23NO. The predicted octanol–water partition coefficient (Wildman–Crippen LogP) is 3.46. The van der Waals surface area contributed by atoms with Gasteiger partial charge in [-0.25, -0.2) is 0 Å². The number of aliphatic hydroxyl groups is 1. The van der Waals surface area contributed by atoms with Crippen molar-refractivity contribution in [2.24, 2.45) is 0 Å². The molecule has 1 N–H and O–H groups in total. The van der Waals surface area contributed by atoms with Crippen molar-refractivity contribution in [2.45, 2.75) is 32.5 Å². The summed E-state index contributed by atoms with van der Waals surface area (Å²) in [5.41, 5.74) is 2.29. The van der Waals surface area contributed by atoms with Crippen molar-refractivity contribution in [3.05, 3.63) is 71.8 Å². The number of rotatable bonds is 6. The van der Waals surface area contributed by atoms with E-state index in [0.717, 1.165) is 13.1 Å². The average molecular weight is 269 g/mol. The smallest absolute Gasteiger partial charge is 0.0610 e. The standard InChI is InChI=1S/C18H23NO/c1-18(2,15-20)19(13-16-9-5-3-6-10-16)14-17-11-7-4-8-12-17/h3-12,20H,13-15H2,1-2H3. The first-order valence-electron chi connectivity index (χ1n) is 7.05. The van der Waals surface area contributed by atoms with E-state index in [2.05, 4.69) is 67.3 Å². The summed E-state index contributed by atoms with van der Waals surface area (Å²) in [4.78, 5) is 2.32. The molecule has 20 heavy (non-hydrogen) atoms. The summed E-state index contributed by atoms with van der Waals surface area (Å²) in [7, 11) is 0. The van der Waals surface area contributed by atoms with Crippen molar-refractivity contribution in [3.8, 4) is 0 Å². The van der Waals surface area contributed by atoms with Crippen molar-refractivity contribution in [1.82, 2.24) is 4.90 Å². The number of hydrogen-bond acceptors (Lipinski definition) is 2. The van der Waals surface area contributed by atoms with Crippen LogP contribution in [0.3, 0.4) is 0 Å². The topological polar surface area (TPSA) is 23.5 Å². The van der Waals surface area contributed by atoms with Crippen molar-refractivity contribution in [1.29, 1.82) is 0 Å². The maximum absolute atomic E-state index is 9.68. The second-order valence-corrected chi connectivity index (χ2v) is 5.80. The SMILES string of the molecule is CC(C)(CO)N(Cc1ccccc1)Cc1ccccc1. The summed E-state index contributed by atoms with van der Waals surface area (Å²) in [6, 6.07) is 20.8. The molecule has 2 rings (SSSR count). The summed E-state index contributed by atoms with van der Waals surface area (Å²) < 4.78 is 0. The lowest BCUT2D eigenvalue weighted by Gasteiger charge is -2.37. The lowest BCUT2D eigenvalue weighted by molar-refractivity contribution is 0.0440. The van der Waals surface area contributed by atoms with Crippen molar-refractivity contribution in [2.75, 3.05) is 6.61 Å². The van der Waals surface area contributed by atoms with Crippen LogP contribution in [0.5, 0.6) is 0 Å². The number of benzene rings is 2. The van der Waals surface area contributed by atoms with Crippen LogP contribution in [-0.2, 0) is 13.1 Å². The lowest BCUT2D eigenvalue weighted by atomic mass is 10.0. The van der Waals surface area contributed by atoms with Crippen molar-refractivity contribution in [3.63, 3.8) is 0 Å². The second kappa shape index (κ2) is 6.69. The Morgan fingerprint density at radius 2 is 1.20 bits per heavy atom.